The first-order chi connectivity index (χ1) is 14.1. The molecule has 29 heavy (non-hydrogen) atoms. The van der Waals surface area contributed by atoms with E-state index in [9.17, 15) is 4.79 Å². The Morgan fingerprint density at radius 1 is 1.21 bits per heavy atom. The minimum atomic E-state index is 0.0626. The molecule has 0 unspecified atom stereocenters. The summed E-state index contributed by atoms with van der Waals surface area (Å²) in [6, 6.07) is 14.6. The van der Waals surface area contributed by atoms with Crippen LogP contribution in [0.2, 0.25) is 0 Å². The fourth-order valence-corrected chi connectivity index (χ4v) is 4.08. The molecule has 2 N–H and O–H groups in total. The molecule has 0 aliphatic carbocycles. The predicted octanol–water partition coefficient (Wildman–Crippen LogP) is 5.06. The van der Waals surface area contributed by atoms with Crippen molar-refractivity contribution in [2.24, 2.45) is 0 Å². The van der Waals surface area contributed by atoms with E-state index in [1.165, 1.54) is 27.6 Å². The molecule has 0 spiro atoms. The zero-order chi connectivity index (χ0) is 20.2. The van der Waals surface area contributed by atoms with Crippen molar-refractivity contribution in [3.8, 4) is 0 Å². The SMILES string of the molecule is CC=C(C)CN1CCc2ccc(NC(=O)CCc3c[nH]c4ccccc34)cc2C1. The number of rotatable bonds is 6. The summed E-state index contributed by atoms with van der Waals surface area (Å²) in [6.07, 6.45) is 6.47. The monoisotopic (exact) mass is 387 g/mol. The Balaban J connectivity index is 1.37. The van der Waals surface area contributed by atoms with Crippen LogP contribution in [0.15, 0.2) is 60.3 Å². The molecular formula is C25H29N3O. The highest BCUT2D eigenvalue weighted by molar-refractivity contribution is 5.91. The number of hydrogen-bond donors (Lipinski definition) is 2. The van der Waals surface area contributed by atoms with E-state index < -0.39 is 0 Å². The zero-order valence-electron chi connectivity index (χ0n) is 17.3. The van der Waals surface area contributed by atoms with Gasteiger partial charge in [-0.05, 0) is 61.6 Å². The summed E-state index contributed by atoms with van der Waals surface area (Å²) in [5, 5.41) is 4.29. The van der Waals surface area contributed by atoms with Crippen LogP contribution in [0.1, 0.15) is 37.0 Å². The molecule has 0 radical (unpaired) electrons. The average Bonchev–Trinajstić information content (AvgIpc) is 3.15. The second kappa shape index (κ2) is 8.66. The number of nitrogens with one attached hydrogen (secondary N) is 2. The fourth-order valence-electron chi connectivity index (χ4n) is 4.08. The highest BCUT2D eigenvalue weighted by Crippen LogP contribution is 2.24. The van der Waals surface area contributed by atoms with Gasteiger partial charge in [-0.3, -0.25) is 9.69 Å². The van der Waals surface area contributed by atoms with Gasteiger partial charge in [-0.1, -0.05) is 35.9 Å². The van der Waals surface area contributed by atoms with Crippen LogP contribution in [-0.4, -0.2) is 28.9 Å². The van der Waals surface area contributed by atoms with Crippen molar-refractivity contribution >= 4 is 22.5 Å². The Bertz CT molecular complexity index is 1050. The van der Waals surface area contributed by atoms with Crippen molar-refractivity contribution in [2.75, 3.05) is 18.4 Å². The number of amides is 1. The maximum absolute atomic E-state index is 12.5. The van der Waals surface area contributed by atoms with E-state index in [2.05, 4.69) is 59.4 Å². The smallest absolute Gasteiger partial charge is 0.224 e. The summed E-state index contributed by atoms with van der Waals surface area (Å²) in [5.74, 6) is 0.0626. The van der Waals surface area contributed by atoms with Crippen LogP contribution in [0.25, 0.3) is 10.9 Å². The number of carbonyl (C=O) groups excluding carboxylic acids is 1. The first kappa shape index (κ1) is 19.5. The quantitative estimate of drug-likeness (QED) is 0.581. The van der Waals surface area contributed by atoms with Crippen molar-refractivity contribution in [1.82, 2.24) is 9.88 Å². The number of aromatic nitrogens is 1. The molecule has 0 atom stereocenters. The van der Waals surface area contributed by atoms with E-state index in [-0.39, 0.29) is 5.91 Å². The third-order valence-electron chi connectivity index (χ3n) is 5.84. The van der Waals surface area contributed by atoms with Crippen LogP contribution in [0.4, 0.5) is 5.69 Å². The number of benzene rings is 2. The summed E-state index contributed by atoms with van der Waals surface area (Å²) < 4.78 is 0. The third kappa shape index (κ3) is 4.60. The van der Waals surface area contributed by atoms with Crippen LogP contribution in [-0.2, 0) is 24.2 Å². The Morgan fingerprint density at radius 3 is 2.93 bits per heavy atom. The Hall–Kier alpha value is -2.85. The first-order valence-corrected chi connectivity index (χ1v) is 10.4. The van der Waals surface area contributed by atoms with Crippen molar-refractivity contribution in [2.45, 2.75) is 39.7 Å². The lowest BCUT2D eigenvalue weighted by molar-refractivity contribution is -0.116. The molecule has 4 heteroatoms. The standard InChI is InChI=1S/C25H29N3O/c1-3-18(2)16-28-13-12-19-8-10-22(14-21(19)17-28)27-25(29)11-9-20-15-26-24-7-5-4-6-23(20)24/h3-8,10,14-15,26H,9,11-13,16-17H2,1-2H3,(H,27,29). The van der Waals surface area contributed by atoms with Gasteiger partial charge in [0.05, 0.1) is 0 Å². The molecule has 4 rings (SSSR count). The lowest BCUT2D eigenvalue weighted by Gasteiger charge is -2.29. The Morgan fingerprint density at radius 2 is 2.07 bits per heavy atom. The molecule has 0 fully saturated rings. The topological polar surface area (TPSA) is 48.1 Å². The summed E-state index contributed by atoms with van der Waals surface area (Å²) in [6.45, 7) is 7.32. The minimum absolute atomic E-state index is 0.0626. The van der Waals surface area contributed by atoms with Crippen LogP contribution in [0, 0.1) is 0 Å². The van der Waals surface area contributed by atoms with E-state index in [4.69, 9.17) is 0 Å². The molecule has 2 heterocycles. The van der Waals surface area contributed by atoms with Crippen LogP contribution >= 0.6 is 0 Å². The predicted molar refractivity (Wildman–Crippen MR) is 120 cm³/mol. The Labute approximate surface area is 172 Å². The number of aromatic amines is 1. The fraction of sp³-hybridized carbons (Fsp3) is 0.320. The normalized spacial score (nSPS) is 14.8. The van der Waals surface area contributed by atoms with Crippen molar-refractivity contribution in [1.29, 1.82) is 0 Å². The average molecular weight is 388 g/mol. The number of aryl methyl sites for hydroxylation is 1. The van der Waals surface area contributed by atoms with Gasteiger partial charge in [-0.2, -0.15) is 0 Å². The lowest BCUT2D eigenvalue weighted by Crippen LogP contribution is -2.31. The number of fused-ring (bicyclic) bond motifs is 2. The maximum Gasteiger partial charge on any atom is 0.224 e. The largest absolute Gasteiger partial charge is 0.361 e. The molecule has 1 amide bonds. The van der Waals surface area contributed by atoms with E-state index in [0.29, 0.717) is 6.42 Å². The van der Waals surface area contributed by atoms with Gasteiger partial charge in [0.25, 0.3) is 0 Å². The number of H-pyrrole nitrogens is 1. The molecule has 2 aromatic carbocycles. The first-order valence-electron chi connectivity index (χ1n) is 10.4. The molecule has 4 nitrogen and oxygen atoms in total. The Kier molecular flexibility index (Phi) is 5.81. The van der Waals surface area contributed by atoms with E-state index >= 15 is 0 Å². The number of nitrogens with zero attached hydrogens (tertiary/aromatic N) is 1. The highest BCUT2D eigenvalue weighted by Gasteiger charge is 2.17. The van der Waals surface area contributed by atoms with Gasteiger partial charge in [0.2, 0.25) is 5.91 Å². The van der Waals surface area contributed by atoms with Gasteiger partial charge in [0.15, 0.2) is 0 Å². The summed E-state index contributed by atoms with van der Waals surface area (Å²) in [5.41, 5.74) is 7.34. The van der Waals surface area contributed by atoms with Gasteiger partial charge < -0.3 is 10.3 Å². The third-order valence-corrected chi connectivity index (χ3v) is 5.84. The minimum Gasteiger partial charge on any atom is -0.361 e. The number of para-hydroxylation sites is 1. The van der Waals surface area contributed by atoms with E-state index in [1.807, 2.05) is 24.4 Å². The molecule has 0 bridgehead atoms. The van der Waals surface area contributed by atoms with E-state index in [1.54, 1.807) is 0 Å². The summed E-state index contributed by atoms with van der Waals surface area (Å²) >= 11 is 0. The molecular weight excluding hydrogens is 358 g/mol. The van der Waals surface area contributed by atoms with Gasteiger partial charge in [-0.15, -0.1) is 0 Å². The molecule has 150 valence electrons. The van der Waals surface area contributed by atoms with Gasteiger partial charge in [-0.25, -0.2) is 0 Å². The number of hydrogen-bond acceptors (Lipinski definition) is 2. The van der Waals surface area contributed by atoms with Crippen LogP contribution in [0.5, 0.6) is 0 Å². The van der Waals surface area contributed by atoms with Gasteiger partial charge >= 0.3 is 0 Å². The van der Waals surface area contributed by atoms with Crippen molar-refractivity contribution < 1.29 is 4.79 Å². The molecule has 1 aliphatic rings. The van der Waals surface area contributed by atoms with Gasteiger partial charge in [0, 0.05) is 48.8 Å². The van der Waals surface area contributed by atoms with Gasteiger partial charge in [0.1, 0.15) is 0 Å². The second-order valence-corrected chi connectivity index (χ2v) is 7.99. The lowest BCUT2D eigenvalue weighted by atomic mass is 9.98. The zero-order valence-corrected chi connectivity index (χ0v) is 17.3. The summed E-state index contributed by atoms with van der Waals surface area (Å²) in [7, 11) is 0. The molecule has 0 saturated heterocycles. The number of carbonyl (C=O) groups is 1. The number of allylic oxidation sites excluding steroid dienone is 1. The molecule has 0 saturated carbocycles. The van der Waals surface area contributed by atoms with Crippen LogP contribution < -0.4 is 5.32 Å². The molecule has 1 aliphatic heterocycles. The van der Waals surface area contributed by atoms with Crippen LogP contribution in [0.3, 0.4) is 0 Å². The highest BCUT2D eigenvalue weighted by atomic mass is 16.1. The molecule has 3 aromatic rings. The second-order valence-electron chi connectivity index (χ2n) is 7.99. The number of anilines is 1. The summed E-state index contributed by atoms with van der Waals surface area (Å²) in [4.78, 5) is 18.3. The molecule has 1 aromatic heterocycles. The van der Waals surface area contributed by atoms with Crippen molar-refractivity contribution in [3.63, 3.8) is 0 Å². The van der Waals surface area contributed by atoms with E-state index in [0.717, 1.165) is 43.7 Å². The maximum atomic E-state index is 12.5. The van der Waals surface area contributed by atoms with Crippen molar-refractivity contribution in [3.05, 3.63) is 77.0 Å².